The minimum absolute atomic E-state index is 0.0475. The van der Waals surface area contributed by atoms with Gasteiger partial charge in [0.05, 0.1) is 5.69 Å². The second-order valence-corrected chi connectivity index (χ2v) is 6.21. The highest BCUT2D eigenvalue weighted by molar-refractivity contribution is 9.11. The Hall–Kier alpha value is -0.940. The first-order valence-corrected chi connectivity index (χ1v) is 7.62. The van der Waals surface area contributed by atoms with Crippen molar-refractivity contribution in [3.63, 3.8) is 0 Å². The predicted molar refractivity (Wildman–Crippen MR) is 85.3 cm³/mol. The lowest BCUT2D eigenvalue weighted by Gasteiger charge is -2.12. The second kappa shape index (κ2) is 6.68. The van der Waals surface area contributed by atoms with Crippen molar-refractivity contribution in [2.75, 3.05) is 5.32 Å². The Morgan fingerprint density at radius 3 is 2.35 bits per heavy atom. The molecule has 0 aliphatic rings. The Balaban J connectivity index is 2.15. The predicted octanol–water partition coefficient (Wildman–Crippen LogP) is 6.07. The maximum absolute atomic E-state index is 12.6. The van der Waals surface area contributed by atoms with E-state index < -0.39 is 6.43 Å². The third-order valence-corrected chi connectivity index (χ3v) is 4.11. The summed E-state index contributed by atoms with van der Waals surface area (Å²) in [6.45, 7) is 2.49. The number of rotatable bonds is 4. The molecule has 0 heterocycles. The summed E-state index contributed by atoms with van der Waals surface area (Å²) in [4.78, 5) is 0. The first-order valence-electron chi connectivity index (χ1n) is 6.04. The van der Waals surface area contributed by atoms with Gasteiger partial charge in [-0.1, -0.05) is 18.2 Å². The second-order valence-electron chi connectivity index (χ2n) is 4.50. The maximum Gasteiger partial charge on any atom is 0.263 e. The molecule has 0 amide bonds. The van der Waals surface area contributed by atoms with Crippen LogP contribution in [-0.2, 0) is 6.54 Å². The van der Waals surface area contributed by atoms with Gasteiger partial charge in [-0.3, -0.25) is 0 Å². The van der Waals surface area contributed by atoms with Crippen LogP contribution in [0.4, 0.5) is 14.5 Å². The molecule has 0 spiro atoms. The summed E-state index contributed by atoms with van der Waals surface area (Å²) in [6.07, 6.45) is -2.44. The highest BCUT2D eigenvalue weighted by Gasteiger charge is 2.09. The van der Waals surface area contributed by atoms with E-state index >= 15 is 0 Å². The monoisotopic (exact) mass is 403 g/mol. The first kappa shape index (κ1) is 15.4. The zero-order valence-corrected chi connectivity index (χ0v) is 13.9. The highest BCUT2D eigenvalue weighted by atomic mass is 79.9. The molecule has 0 fully saturated rings. The standard InChI is InChI=1S/C15H13Br2F2N/c1-9-5-12(16)14(13(17)6-9)20-8-10-3-2-4-11(7-10)15(18)19/h2-7,15,20H,8H2,1H3. The smallest absolute Gasteiger partial charge is 0.263 e. The third kappa shape index (κ3) is 3.79. The van der Waals surface area contributed by atoms with Crippen molar-refractivity contribution in [2.24, 2.45) is 0 Å². The summed E-state index contributed by atoms with van der Waals surface area (Å²) in [6, 6.07) is 10.4. The Kier molecular flexibility index (Phi) is 5.16. The van der Waals surface area contributed by atoms with Crippen molar-refractivity contribution < 1.29 is 8.78 Å². The molecule has 0 bridgehead atoms. The highest BCUT2D eigenvalue weighted by Crippen LogP contribution is 2.32. The summed E-state index contributed by atoms with van der Waals surface area (Å²) >= 11 is 6.99. The number of benzene rings is 2. The van der Waals surface area contributed by atoms with E-state index in [0.29, 0.717) is 6.54 Å². The van der Waals surface area contributed by atoms with Gasteiger partial charge in [0.2, 0.25) is 0 Å². The quantitative estimate of drug-likeness (QED) is 0.651. The Labute approximate surface area is 133 Å². The summed E-state index contributed by atoms with van der Waals surface area (Å²) in [5.74, 6) is 0. The normalized spacial score (nSPS) is 10.9. The lowest BCUT2D eigenvalue weighted by Crippen LogP contribution is -2.02. The summed E-state index contributed by atoms with van der Waals surface area (Å²) in [7, 11) is 0. The van der Waals surface area contributed by atoms with Crippen LogP contribution in [0.25, 0.3) is 0 Å². The molecule has 0 aliphatic heterocycles. The van der Waals surface area contributed by atoms with Crippen molar-refractivity contribution in [2.45, 2.75) is 19.9 Å². The fourth-order valence-corrected chi connectivity index (χ4v) is 3.59. The largest absolute Gasteiger partial charge is 0.379 e. The zero-order chi connectivity index (χ0) is 14.7. The van der Waals surface area contributed by atoms with Gasteiger partial charge in [0, 0.05) is 21.1 Å². The van der Waals surface area contributed by atoms with Gasteiger partial charge in [0.1, 0.15) is 0 Å². The van der Waals surface area contributed by atoms with Gasteiger partial charge in [0.25, 0.3) is 6.43 Å². The lowest BCUT2D eigenvalue weighted by atomic mass is 10.1. The van der Waals surface area contributed by atoms with Gasteiger partial charge in [-0.15, -0.1) is 0 Å². The number of halogens is 4. The number of alkyl halides is 2. The summed E-state index contributed by atoms with van der Waals surface area (Å²) < 4.78 is 27.2. The molecule has 0 atom stereocenters. The first-order chi connectivity index (χ1) is 9.47. The Morgan fingerprint density at radius 1 is 1.10 bits per heavy atom. The molecule has 20 heavy (non-hydrogen) atoms. The van der Waals surface area contributed by atoms with E-state index in [4.69, 9.17) is 0 Å². The molecule has 2 rings (SSSR count). The molecule has 0 saturated carbocycles. The van der Waals surface area contributed by atoms with Crippen LogP contribution in [0.15, 0.2) is 45.3 Å². The molecule has 1 nitrogen and oxygen atoms in total. The van der Waals surface area contributed by atoms with Gasteiger partial charge >= 0.3 is 0 Å². The summed E-state index contributed by atoms with van der Waals surface area (Å²) in [5, 5.41) is 3.25. The fourth-order valence-electron chi connectivity index (χ4n) is 1.90. The molecular formula is C15H13Br2F2N. The lowest BCUT2D eigenvalue weighted by molar-refractivity contribution is 0.151. The van der Waals surface area contributed by atoms with Crippen LogP contribution in [0, 0.1) is 6.92 Å². The van der Waals surface area contributed by atoms with E-state index in [9.17, 15) is 8.78 Å². The average molecular weight is 405 g/mol. The van der Waals surface area contributed by atoms with E-state index in [1.165, 1.54) is 12.1 Å². The van der Waals surface area contributed by atoms with Crippen molar-refractivity contribution in [3.05, 3.63) is 62.0 Å². The van der Waals surface area contributed by atoms with Crippen LogP contribution in [-0.4, -0.2) is 0 Å². The molecule has 5 heteroatoms. The number of aryl methyl sites for hydroxylation is 1. The Bertz CT molecular complexity index is 592. The molecule has 2 aromatic carbocycles. The minimum Gasteiger partial charge on any atom is -0.379 e. The van der Waals surface area contributed by atoms with Crippen LogP contribution >= 0.6 is 31.9 Å². The van der Waals surface area contributed by atoms with Crippen LogP contribution in [0.2, 0.25) is 0 Å². The molecule has 2 aromatic rings. The summed E-state index contributed by atoms with van der Waals surface area (Å²) in [5.41, 5.74) is 2.92. The molecule has 0 radical (unpaired) electrons. The topological polar surface area (TPSA) is 12.0 Å². The van der Waals surface area contributed by atoms with Crippen LogP contribution in [0.3, 0.4) is 0 Å². The van der Waals surface area contributed by atoms with Gasteiger partial charge in [-0.2, -0.15) is 0 Å². The van der Waals surface area contributed by atoms with Crippen LogP contribution < -0.4 is 5.32 Å². The zero-order valence-electron chi connectivity index (χ0n) is 10.8. The number of hydrogen-bond donors (Lipinski definition) is 1. The molecule has 0 aromatic heterocycles. The van der Waals surface area contributed by atoms with Crippen molar-refractivity contribution in [1.82, 2.24) is 0 Å². The number of anilines is 1. The van der Waals surface area contributed by atoms with E-state index in [2.05, 4.69) is 37.2 Å². The van der Waals surface area contributed by atoms with Crippen LogP contribution in [0.5, 0.6) is 0 Å². The van der Waals surface area contributed by atoms with Crippen molar-refractivity contribution in [1.29, 1.82) is 0 Å². The van der Waals surface area contributed by atoms with Gasteiger partial charge in [0.15, 0.2) is 0 Å². The van der Waals surface area contributed by atoms with Crippen molar-refractivity contribution >= 4 is 37.5 Å². The molecule has 1 N–H and O–H groups in total. The Morgan fingerprint density at radius 2 is 1.75 bits per heavy atom. The minimum atomic E-state index is -2.44. The van der Waals surface area contributed by atoms with Gasteiger partial charge in [-0.25, -0.2) is 8.78 Å². The maximum atomic E-state index is 12.6. The molecule has 0 aliphatic carbocycles. The SMILES string of the molecule is Cc1cc(Br)c(NCc2cccc(C(F)F)c2)c(Br)c1. The van der Waals surface area contributed by atoms with Gasteiger partial charge in [-0.05, 0) is 68.1 Å². The molecule has 0 saturated heterocycles. The molecular weight excluding hydrogens is 392 g/mol. The van der Waals surface area contributed by atoms with Crippen LogP contribution in [0.1, 0.15) is 23.1 Å². The van der Waals surface area contributed by atoms with E-state index in [1.807, 2.05) is 25.1 Å². The molecule has 106 valence electrons. The number of nitrogens with one attached hydrogen (secondary N) is 1. The van der Waals surface area contributed by atoms with Gasteiger partial charge < -0.3 is 5.32 Å². The van der Waals surface area contributed by atoms with E-state index in [1.54, 1.807) is 6.07 Å². The number of hydrogen-bond acceptors (Lipinski definition) is 1. The van der Waals surface area contributed by atoms with E-state index in [0.717, 1.165) is 25.8 Å². The fraction of sp³-hybridized carbons (Fsp3) is 0.200. The van der Waals surface area contributed by atoms with Crippen molar-refractivity contribution in [3.8, 4) is 0 Å². The van der Waals surface area contributed by atoms with E-state index in [-0.39, 0.29) is 5.56 Å². The molecule has 0 unspecified atom stereocenters. The third-order valence-electron chi connectivity index (χ3n) is 2.86. The average Bonchev–Trinajstić information content (AvgIpc) is 2.37.